The number of rotatable bonds is 4. The Balaban J connectivity index is 1.59. The summed E-state index contributed by atoms with van der Waals surface area (Å²) in [6, 6.07) is 0.277. The van der Waals surface area contributed by atoms with Gasteiger partial charge < -0.3 is 19.7 Å². The molecule has 0 saturated carbocycles. The molecule has 2 saturated heterocycles. The topological polar surface area (TPSA) is 72.5 Å². The van der Waals surface area contributed by atoms with Crippen LogP contribution in [0.2, 0.25) is 0 Å². The zero-order chi connectivity index (χ0) is 16.9. The number of hydrogen-bond acceptors (Lipinski definition) is 5. The summed E-state index contributed by atoms with van der Waals surface area (Å²) in [5.41, 5.74) is 0.0536. The first-order chi connectivity index (χ1) is 11.6. The van der Waals surface area contributed by atoms with E-state index in [2.05, 4.69) is 26.8 Å². The second-order valence-corrected chi connectivity index (χ2v) is 6.88. The van der Waals surface area contributed by atoms with Gasteiger partial charge in [-0.3, -0.25) is 9.59 Å². The first-order valence-corrected chi connectivity index (χ1v) is 8.90. The number of piperazine rings is 1. The SMILES string of the molecule is CN1CCN(CC[C@@H]2CCCCN2C(=O)c2c[nH]c(=O)cn2)CC1. The van der Waals surface area contributed by atoms with E-state index in [1.54, 1.807) is 0 Å². The first-order valence-electron chi connectivity index (χ1n) is 8.90. The maximum atomic E-state index is 12.7. The van der Waals surface area contributed by atoms with Crippen LogP contribution in [-0.4, -0.2) is 82.9 Å². The molecular weight excluding hydrogens is 306 g/mol. The molecule has 0 radical (unpaired) electrons. The highest BCUT2D eigenvalue weighted by Gasteiger charge is 2.28. The van der Waals surface area contributed by atoms with Crippen molar-refractivity contribution in [3.8, 4) is 0 Å². The fourth-order valence-corrected chi connectivity index (χ4v) is 3.58. The maximum absolute atomic E-state index is 12.7. The van der Waals surface area contributed by atoms with Crippen molar-refractivity contribution in [2.45, 2.75) is 31.7 Å². The average Bonchev–Trinajstić information content (AvgIpc) is 2.61. The minimum absolute atomic E-state index is 0.0608. The van der Waals surface area contributed by atoms with E-state index in [0.29, 0.717) is 5.69 Å². The number of nitrogens with zero attached hydrogens (tertiary/aromatic N) is 4. The van der Waals surface area contributed by atoms with Gasteiger partial charge in [-0.05, 0) is 32.7 Å². The molecule has 3 rings (SSSR count). The molecule has 7 heteroatoms. The minimum atomic E-state index is -0.281. The van der Waals surface area contributed by atoms with Gasteiger partial charge in [0, 0.05) is 51.5 Å². The number of H-pyrrole nitrogens is 1. The molecule has 0 aromatic carbocycles. The van der Waals surface area contributed by atoms with Crippen molar-refractivity contribution in [1.82, 2.24) is 24.7 Å². The van der Waals surface area contributed by atoms with Crippen LogP contribution in [-0.2, 0) is 0 Å². The number of aromatic nitrogens is 2. The Labute approximate surface area is 142 Å². The Hall–Kier alpha value is -1.73. The Bertz CT molecular complexity index is 589. The molecule has 0 spiro atoms. The number of likely N-dealkylation sites (tertiary alicyclic amines) is 1. The zero-order valence-corrected chi connectivity index (χ0v) is 14.4. The highest BCUT2D eigenvalue weighted by atomic mass is 16.2. The summed E-state index contributed by atoms with van der Waals surface area (Å²) in [4.78, 5) is 37.2. The fourth-order valence-electron chi connectivity index (χ4n) is 3.58. The molecule has 7 nitrogen and oxygen atoms in total. The van der Waals surface area contributed by atoms with Gasteiger partial charge in [0.2, 0.25) is 0 Å². The summed E-state index contributed by atoms with van der Waals surface area (Å²) in [5, 5.41) is 0. The monoisotopic (exact) mass is 333 g/mol. The number of nitrogens with one attached hydrogen (secondary N) is 1. The third-order valence-electron chi connectivity index (χ3n) is 5.15. The molecular formula is C17H27N5O2. The van der Waals surface area contributed by atoms with Crippen LogP contribution in [0.4, 0.5) is 0 Å². The number of amides is 1. The van der Waals surface area contributed by atoms with Gasteiger partial charge in [0.25, 0.3) is 11.5 Å². The number of aromatic amines is 1. The van der Waals surface area contributed by atoms with Gasteiger partial charge in [-0.25, -0.2) is 4.98 Å². The largest absolute Gasteiger partial charge is 0.334 e. The zero-order valence-electron chi connectivity index (χ0n) is 14.4. The van der Waals surface area contributed by atoms with Crippen molar-refractivity contribution in [2.75, 3.05) is 46.3 Å². The lowest BCUT2D eigenvalue weighted by molar-refractivity contribution is 0.0563. The van der Waals surface area contributed by atoms with Crippen molar-refractivity contribution in [2.24, 2.45) is 0 Å². The normalized spacial score (nSPS) is 23.4. The van der Waals surface area contributed by atoms with Crippen molar-refractivity contribution in [3.63, 3.8) is 0 Å². The standard InChI is InChI=1S/C17H27N5O2/c1-20-8-10-21(11-9-20)7-5-14-4-2-3-6-22(14)17(24)15-12-19-16(23)13-18-15/h12-14H,2-11H2,1H3,(H,19,23)/t14-/m0/s1. The highest BCUT2D eigenvalue weighted by Crippen LogP contribution is 2.22. The van der Waals surface area contributed by atoms with Crippen LogP contribution >= 0.6 is 0 Å². The first kappa shape index (κ1) is 17.1. The van der Waals surface area contributed by atoms with E-state index in [9.17, 15) is 9.59 Å². The van der Waals surface area contributed by atoms with Gasteiger partial charge in [-0.2, -0.15) is 0 Å². The molecule has 0 aliphatic carbocycles. The van der Waals surface area contributed by atoms with E-state index in [-0.39, 0.29) is 17.5 Å². The van der Waals surface area contributed by atoms with E-state index in [4.69, 9.17) is 0 Å². The van der Waals surface area contributed by atoms with Crippen molar-refractivity contribution >= 4 is 5.91 Å². The summed E-state index contributed by atoms with van der Waals surface area (Å²) in [5.74, 6) is -0.0608. The van der Waals surface area contributed by atoms with Crippen LogP contribution in [0.3, 0.4) is 0 Å². The minimum Gasteiger partial charge on any atom is -0.334 e. The quantitative estimate of drug-likeness (QED) is 0.864. The second kappa shape index (κ2) is 7.90. The molecule has 1 N–H and O–H groups in total. The number of carbonyl (C=O) groups excluding carboxylic acids is 1. The van der Waals surface area contributed by atoms with E-state index < -0.39 is 0 Å². The molecule has 3 heterocycles. The number of carbonyl (C=O) groups is 1. The van der Waals surface area contributed by atoms with Crippen LogP contribution in [0, 0.1) is 0 Å². The lowest BCUT2D eigenvalue weighted by Crippen LogP contribution is -2.48. The van der Waals surface area contributed by atoms with Gasteiger partial charge in [0.1, 0.15) is 5.69 Å². The molecule has 1 amide bonds. The summed E-state index contributed by atoms with van der Waals surface area (Å²) >= 11 is 0. The molecule has 0 unspecified atom stereocenters. The van der Waals surface area contributed by atoms with E-state index >= 15 is 0 Å². The van der Waals surface area contributed by atoms with E-state index in [0.717, 1.165) is 58.5 Å². The molecule has 24 heavy (non-hydrogen) atoms. The molecule has 2 aliphatic rings. The van der Waals surface area contributed by atoms with Crippen molar-refractivity contribution < 1.29 is 4.79 Å². The van der Waals surface area contributed by atoms with Crippen molar-refractivity contribution in [1.29, 1.82) is 0 Å². The number of hydrogen-bond donors (Lipinski definition) is 1. The molecule has 1 atom stereocenters. The fraction of sp³-hybridized carbons (Fsp3) is 0.706. The maximum Gasteiger partial charge on any atom is 0.274 e. The third-order valence-corrected chi connectivity index (χ3v) is 5.15. The number of likely N-dealkylation sites (N-methyl/N-ethyl adjacent to an activating group) is 1. The van der Waals surface area contributed by atoms with Gasteiger partial charge in [0.15, 0.2) is 0 Å². The Morgan fingerprint density at radius 3 is 2.75 bits per heavy atom. The van der Waals surface area contributed by atoms with Gasteiger partial charge in [-0.1, -0.05) is 0 Å². The second-order valence-electron chi connectivity index (χ2n) is 6.88. The van der Waals surface area contributed by atoms with Crippen LogP contribution in [0.5, 0.6) is 0 Å². The Morgan fingerprint density at radius 1 is 1.25 bits per heavy atom. The molecule has 2 aliphatic heterocycles. The summed E-state index contributed by atoms with van der Waals surface area (Å²) in [6.45, 7) is 6.29. The molecule has 1 aromatic heterocycles. The molecule has 1 aromatic rings. The molecule has 2 fully saturated rings. The smallest absolute Gasteiger partial charge is 0.274 e. The van der Waals surface area contributed by atoms with Gasteiger partial charge in [0.05, 0.1) is 6.20 Å². The van der Waals surface area contributed by atoms with Crippen LogP contribution < -0.4 is 5.56 Å². The molecule has 0 bridgehead atoms. The Kier molecular flexibility index (Phi) is 5.63. The van der Waals surface area contributed by atoms with Crippen molar-refractivity contribution in [3.05, 3.63) is 28.4 Å². The summed E-state index contributed by atoms with van der Waals surface area (Å²) in [6.07, 6.45) is 6.89. The van der Waals surface area contributed by atoms with Crippen LogP contribution in [0.1, 0.15) is 36.2 Å². The van der Waals surface area contributed by atoms with E-state index in [1.165, 1.54) is 18.8 Å². The van der Waals surface area contributed by atoms with Crippen LogP contribution in [0.15, 0.2) is 17.2 Å². The number of piperidine rings is 1. The summed E-state index contributed by atoms with van der Waals surface area (Å²) < 4.78 is 0. The Morgan fingerprint density at radius 2 is 2.04 bits per heavy atom. The van der Waals surface area contributed by atoms with E-state index in [1.807, 2.05) is 4.90 Å². The summed E-state index contributed by atoms with van der Waals surface area (Å²) in [7, 11) is 2.16. The van der Waals surface area contributed by atoms with Crippen LogP contribution in [0.25, 0.3) is 0 Å². The average molecular weight is 333 g/mol. The highest BCUT2D eigenvalue weighted by molar-refractivity contribution is 5.92. The third kappa shape index (κ3) is 4.21. The van der Waals surface area contributed by atoms with Gasteiger partial charge >= 0.3 is 0 Å². The van der Waals surface area contributed by atoms with Gasteiger partial charge in [-0.15, -0.1) is 0 Å². The predicted molar refractivity (Wildman–Crippen MR) is 92.1 cm³/mol. The molecule has 132 valence electrons. The predicted octanol–water partition coefficient (Wildman–Crippen LogP) is 0.402. The lowest BCUT2D eigenvalue weighted by Gasteiger charge is -2.38. The lowest BCUT2D eigenvalue weighted by atomic mass is 9.98.